The van der Waals surface area contributed by atoms with Crippen LogP contribution in [-0.2, 0) is 6.61 Å². The van der Waals surface area contributed by atoms with E-state index in [1.165, 1.54) is 18.3 Å². The molecule has 1 heterocycles. The largest absolute Gasteiger partial charge is 0.390 e. The van der Waals surface area contributed by atoms with Gasteiger partial charge in [-0.2, -0.15) is 0 Å². The Morgan fingerprint density at radius 1 is 1.50 bits per heavy atom. The zero-order valence-electron chi connectivity index (χ0n) is 6.08. The Bertz CT molecular complexity index is 245. The second-order valence-electron chi connectivity index (χ2n) is 2.00. The fraction of sp³-hybridized carbons (Fsp3) is 0.286. The normalized spacial score (nSPS) is 9.67. The molecule has 0 unspecified atom stereocenters. The summed E-state index contributed by atoms with van der Waals surface area (Å²) in [6.45, 7) is -0.444. The zero-order valence-corrected chi connectivity index (χ0v) is 6.89. The molecule has 0 fully saturated rings. The highest BCUT2D eigenvalue weighted by molar-refractivity contribution is 5.85. The molecule has 0 spiro atoms. The van der Waals surface area contributed by atoms with E-state index in [2.05, 4.69) is 4.98 Å². The van der Waals surface area contributed by atoms with E-state index in [1.807, 2.05) is 0 Å². The molecule has 2 nitrogen and oxygen atoms in total. The molecular formula is C7H8ClF2NO. The predicted molar refractivity (Wildman–Crippen MR) is 42.4 cm³/mol. The van der Waals surface area contributed by atoms with E-state index in [1.54, 1.807) is 0 Å². The average Bonchev–Trinajstić information content (AvgIpc) is 2.04. The van der Waals surface area contributed by atoms with E-state index >= 15 is 0 Å². The highest BCUT2D eigenvalue weighted by Crippen LogP contribution is 2.20. The number of pyridine rings is 1. The summed E-state index contributed by atoms with van der Waals surface area (Å²) >= 11 is 0. The van der Waals surface area contributed by atoms with E-state index in [0.717, 1.165) is 0 Å². The van der Waals surface area contributed by atoms with Crippen molar-refractivity contribution in [3.63, 3.8) is 0 Å². The molecule has 0 atom stereocenters. The van der Waals surface area contributed by atoms with Gasteiger partial charge in [-0.3, -0.25) is 4.98 Å². The molecule has 0 aliphatic carbocycles. The van der Waals surface area contributed by atoms with Gasteiger partial charge < -0.3 is 5.11 Å². The van der Waals surface area contributed by atoms with Crippen LogP contribution >= 0.6 is 12.4 Å². The Balaban J connectivity index is 0.00000121. The SMILES string of the molecule is Cl.OCc1ncccc1C(F)F. The fourth-order valence-corrected chi connectivity index (χ4v) is 0.781. The van der Waals surface area contributed by atoms with Crippen molar-refractivity contribution in [3.8, 4) is 0 Å². The van der Waals surface area contributed by atoms with Crippen LogP contribution in [0.4, 0.5) is 8.78 Å². The molecule has 12 heavy (non-hydrogen) atoms. The second-order valence-corrected chi connectivity index (χ2v) is 2.00. The van der Waals surface area contributed by atoms with Crippen molar-refractivity contribution in [2.24, 2.45) is 0 Å². The first-order valence-corrected chi connectivity index (χ1v) is 3.08. The number of aliphatic hydroxyl groups excluding tert-OH is 1. The standard InChI is InChI=1S/C7H7F2NO.ClH/c8-7(9)5-2-1-3-10-6(5)4-11;/h1-3,7,11H,4H2;1H. The molecule has 1 N–H and O–H groups in total. The Labute approximate surface area is 74.7 Å². The molecule has 0 saturated heterocycles. The lowest BCUT2D eigenvalue weighted by Crippen LogP contribution is -1.96. The predicted octanol–water partition coefficient (Wildman–Crippen LogP) is 1.93. The number of rotatable bonds is 2. The van der Waals surface area contributed by atoms with E-state index in [-0.39, 0.29) is 23.7 Å². The Morgan fingerprint density at radius 2 is 2.17 bits per heavy atom. The van der Waals surface area contributed by atoms with Crippen LogP contribution in [0, 0.1) is 0 Å². The minimum absolute atomic E-state index is 0. The molecule has 0 bridgehead atoms. The number of hydrogen-bond donors (Lipinski definition) is 1. The van der Waals surface area contributed by atoms with E-state index < -0.39 is 13.0 Å². The van der Waals surface area contributed by atoms with Gasteiger partial charge in [0, 0.05) is 11.8 Å². The lowest BCUT2D eigenvalue weighted by molar-refractivity contribution is 0.146. The maximum Gasteiger partial charge on any atom is 0.265 e. The lowest BCUT2D eigenvalue weighted by Gasteiger charge is -2.02. The first kappa shape index (κ1) is 11.3. The highest BCUT2D eigenvalue weighted by atomic mass is 35.5. The molecule has 1 aromatic rings. The van der Waals surface area contributed by atoms with Crippen molar-refractivity contribution in [3.05, 3.63) is 29.6 Å². The van der Waals surface area contributed by atoms with Gasteiger partial charge in [-0.1, -0.05) is 0 Å². The molecule has 68 valence electrons. The van der Waals surface area contributed by atoms with Gasteiger partial charge in [0.05, 0.1) is 12.3 Å². The number of aliphatic hydroxyl groups is 1. The number of hydrogen-bond acceptors (Lipinski definition) is 2. The van der Waals surface area contributed by atoms with Crippen LogP contribution < -0.4 is 0 Å². The third-order valence-electron chi connectivity index (χ3n) is 1.31. The summed E-state index contributed by atoms with van der Waals surface area (Å²) in [5, 5.41) is 8.57. The number of alkyl halides is 2. The minimum atomic E-state index is -2.56. The Hall–Kier alpha value is -0.740. The number of aromatic nitrogens is 1. The zero-order chi connectivity index (χ0) is 8.27. The van der Waals surface area contributed by atoms with Crippen LogP contribution in [0.2, 0.25) is 0 Å². The summed E-state index contributed by atoms with van der Waals surface area (Å²) in [6, 6.07) is 2.67. The topological polar surface area (TPSA) is 33.1 Å². The monoisotopic (exact) mass is 195 g/mol. The third kappa shape index (κ3) is 2.39. The van der Waals surface area contributed by atoms with E-state index in [9.17, 15) is 8.78 Å². The first-order chi connectivity index (χ1) is 5.25. The summed E-state index contributed by atoms with van der Waals surface area (Å²) in [7, 11) is 0. The van der Waals surface area contributed by atoms with E-state index in [0.29, 0.717) is 0 Å². The minimum Gasteiger partial charge on any atom is -0.390 e. The lowest BCUT2D eigenvalue weighted by atomic mass is 10.2. The van der Waals surface area contributed by atoms with Crippen LogP contribution in [0.15, 0.2) is 18.3 Å². The summed E-state index contributed by atoms with van der Waals surface area (Å²) in [4.78, 5) is 3.59. The van der Waals surface area contributed by atoms with Gasteiger partial charge in [-0.15, -0.1) is 12.4 Å². The van der Waals surface area contributed by atoms with Gasteiger partial charge in [0.25, 0.3) is 6.43 Å². The van der Waals surface area contributed by atoms with Crippen molar-refractivity contribution in [2.45, 2.75) is 13.0 Å². The van der Waals surface area contributed by atoms with Crippen molar-refractivity contribution < 1.29 is 13.9 Å². The quantitative estimate of drug-likeness (QED) is 0.782. The summed E-state index contributed by atoms with van der Waals surface area (Å²) in [5.41, 5.74) is -0.155. The Morgan fingerprint density at radius 3 is 2.58 bits per heavy atom. The second kappa shape index (κ2) is 5.00. The molecule has 0 amide bonds. The van der Waals surface area contributed by atoms with Gasteiger partial charge in [0.15, 0.2) is 0 Å². The van der Waals surface area contributed by atoms with Crippen LogP contribution in [-0.4, -0.2) is 10.1 Å². The van der Waals surface area contributed by atoms with Crippen molar-refractivity contribution >= 4 is 12.4 Å². The molecular weight excluding hydrogens is 188 g/mol. The van der Waals surface area contributed by atoms with Crippen LogP contribution in [0.3, 0.4) is 0 Å². The average molecular weight is 196 g/mol. The van der Waals surface area contributed by atoms with Crippen molar-refractivity contribution in [2.75, 3.05) is 0 Å². The van der Waals surface area contributed by atoms with Crippen LogP contribution in [0.25, 0.3) is 0 Å². The van der Waals surface area contributed by atoms with Gasteiger partial charge in [0.1, 0.15) is 0 Å². The van der Waals surface area contributed by atoms with Crippen molar-refractivity contribution in [1.29, 1.82) is 0 Å². The molecule has 5 heteroatoms. The molecule has 0 radical (unpaired) electrons. The van der Waals surface area contributed by atoms with Gasteiger partial charge in [-0.25, -0.2) is 8.78 Å². The summed E-state index contributed by atoms with van der Waals surface area (Å²) in [6.07, 6.45) is -1.19. The molecule has 1 rings (SSSR count). The van der Waals surface area contributed by atoms with Gasteiger partial charge >= 0.3 is 0 Å². The van der Waals surface area contributed by atoms with Gasteiger partial charge in [-0.05, 0) is 12.1 Å². The van der Waals surface area contributed by atoms with E-state index in [4.69, 9.17) is 5.11 Å². The molecule has 0 aliphatic rings. The Kier molecular flexibility index (Phi) is 4.70. The highest BCUT2D eigenvalue weighted by Gasteiger charge is 2.11. The van der Waals surface area contributed by atoms with Crippen LogP contribution in [0.1, 0.15) is 17.7 Å². The summed E-state index contributed by atoms with van der Waals surface area (Å²) in [5.74, 6) is 0. The molecule has 0 aliphatic heterocycles. The molecule has 1 aromatic heterocycles. The molecule has 0 saturated carbocycles. The van der Waals surface area contributed by atoms with Crippen molar-refractivity contribution in [1.82, 2.24) is 4.98 Å². The fourth-order valence-electron chi connectivity index (χ4n) is 0.781. The maximum absolute atomic E-state index is 12.1. The number of nitrogens with zero attached hydrogens (tertiary/aromatic N) is 1. The third-order valence-corrected chi connectivity index (χ3v) is 1.31. The first-order valence-electron chi connectivity index (χ1n) is 3.08. The maximum atomic E-state index is 12.1. The van der Waals surface area contributed by atoms with Gasteiger partial charge in [0.2, 0.25) is 0 Å². The van der Waals surface area contributed by atoms with Crippen LogP contribution in [0.5, 0.6) is 0 Å². The summed E-state index contributed by atoms with van der Waals surface area (Å²) < 4.78 is 24.1. The molecule has 0 aromatic carbocycles. The smallest absolute Gasteiger partial charge is 0.265 e. The number of halogens is 3.